The fraction of sp³-hybridized carbons (Fsp3) is 0.333. The lowest BCUT2D eigenvalue weighted by atomic mass is 10.1. The minimum atomic E-state index is 0.217. The lowest BCUT2D eigenvalue weighted by molar-refractivity contribution is 0.100. The molecule has 0 saturated carbocycles. The molecule has 0 amide bonds. The molecule has 1 aromatic heterocycles. The number of aromatic nitrogens is 2. The van der Waals surface area contributed by atoms with Crippen molar-refractivity contribution in [3.05, 3.63) is 70.8 Å². The average molecular weight is 472 g/mol. The van der Waals surface area contributed by atoms with Crippen molar-refractivity contribution in [1.29, 1.82) is 0 Å². The lowest BCUT2D eigenvalue weighted by Crippen LogP contribution is -2.39. The highest BCUT2D eigenvalue weighted by atomic mass is 35.5. The van der Waals surface area contributed by atoms with Gasteiger partial charge in [0.05, 0.1) is 10.0 Å². The number of likely N-dealkylation sites (tertiary alicyclic amines) is 1. The summed E-state index contributed by atoms with van der Waals surface area (Å²) in [6.07, 6.45) is 5.01. The summed E-state index contributed by atoms with van der Waals surface area (Å²) in [4.78, 5) is 11.3. The summed E-state index contributed by atoms with van der Waals surface area (Å²) in [6.45, 7) is 3.92. The molecule has 1 aliphatic rings. The number of nitrogens with one attached hydrogen (secondary N) is 2. The zero-order valence-corrected chi connectivity index (χ0v) is 19.3. The van der Waals surface area contributed by atoms with Crippen LogP contribution in [0.2, 0.25) is 10.0 Å². The van der Waals surface area contributed by atoms with E-state index in [1.807, 2.05) is 42.5 Å². The van der Waals surface area contributed by atoms with Crippen LogP contribution in [-0.4, -0.2) is 47.2 Å². The normalized spacial score (nSPS) is 14.8. The van der Waals surface area contributed by atoms with Crippen LogP contribution in [0.1, 0.15) is 19.3 Å². The molecule has 4 rings (SSSR count). The maximum absolute atomic E-state index is 6.08. The van der Waals surface area contributed by atoms with E-state index in [9.17, 15) is 0 Å². The molecule has 3 aromatic rings. The van der Waals surface area contributed by atoms with Gasteiger partial charge in [0.15, 0.2) is 0 Å². The largest absolute Gasteiger partial charge is 0.490 e. The smallest absolute Gasteiger partial charge is 0.224 e. The van der Waals surface area contributed by atoms with Crippen molar-refractivity contribution < 1.29 is 4.74 Å². The minimum absolute atomic E-state index is 0.217. The molecule has 0 spiro atoms. The van der Waals surface area contributed by atoms with Gasteiger partial charge in [-0.15, -0.1) is 0 Å². The number of benzene rings is 2. The summed E-state index contributed by atoms with van der Waals surface area (Å²) in [7, 11) is 0. The van der Waals surface area contributed by atoms with Crippen molar-refractivity contribution in [3.8, 4) is 5.75 Å². The molecular formula is C24H27Cl2N5O. The first-order chi connectivity index (χ1) is 15.7. The Labute approximate surface area is 198 Å². The molecule has 1 aliphatic heterocycles. The van der Waals surface area contributed by atoms with Gasteiger partial charge in [-0.25, -0.2) is 4.98 Å². The van der Waals surface area contributed by atoms with E-state index in [1.54, 1.807) is 18.3 Å². The first-order valence-corrected chi connectivity index (χ1v) is 11.6. The fourth-order valence-corrected chi connectivity index (χ4v) is 3.97. The Morgan fingerprint density at radius 1 is 1.00 bits per heavy atom. The van der Waals surface area contributed by atoms with Gasteiger partial charge in [-0.05, 0) is 56.1 Å². The van der Waals surface area contributed by atoms with Gasteiger partial charge in [0.1, 0.15) is 17.7 Å². The zero-order valence-electron chi connectivity index (χ0n) is 17.8. The number of para-hydroxylation sites is 1. The van der Waals surface area contributed by atoms with Gasteiger partial charge in [-0.3, -0.25) is 0 Å². The van der Waals surface area contributed by atoms with Crippen LogP contribution in [0.15, 0.2) is 60.8 Å². The Kier molecular flexibility index (Phi) is 8.04. The highest BCUT2D eigenvalue weighted by molar-refractivity contribution is 6.42. The van der Waals surface area contributed by atoms with Crippen molar-refractivity contribution in [3.63, 3.8) is 0 Å². The number of halogens is 2. The highest BCUT2D eigenvalue weighted by Crippen LogP contribution is 2.28. The molecule has 1 fully saturated rings. The van der Waals surface area contributed by atoms with Gasteiger partial charge >= 0.3 is 0 Å². The SMILES string of the molecule is Clc1ccc(OC2CCN(CCCNc3nccc(Nc4ccccc4)n3)CC2)cc1Cl. The van der Waals surface area contributed by atoms with Crippen LogP contribution >= 0.6 is 23.2 Å². The van der Waals surface area contributed by atoms with Gasteiger partial charge in [0.2, 0.25) is 5.95 Å². The molecule has 0 bridgehead atoms. The van der Waals surface area contributed by atoms with Gasteiger partial charge in [0, 0.05) is 37.6 Å². The third-order valence-electron chi connectivity index (χ3n) is 5.36. The van der Waals surface area contributed by atoms with Gasteiger partial charge in [0.25, 0.3) is 0 Å². The van der Waals surface area contributed by atoms with Crippen molar-refractivity contribution in [2.75, 3.05) is 36.8 Å². The predicted octanol–water partition coefficient (Wildman–Crippen LogP) is 5.87. The summed E-state index contributed by atoms with van der Waals surface area (Å²) in [5.41, 5.74) is 1.00. The molecular weight excluding hydrogens is 445 g/mol. The number of nitrogens with zero attached hydrogens (tertiary/aromatic N) is 3. The van der Waals surface area contributed by atoms with E-state index in [2.05, 4.69) is 25.5 Å². The molecule has 2 aromatic carbocycles. The Hall–Kier alpha value is -2.54. The molecule has 168 valence electrons. The van der Waals surface area contributed by atoms with Crippen molar-refractivity contribution in [1.82, 2.24) is 14.9 Å². The van der Waals surface area contributed by atoms with E-state index in [0.717, 1.165) is 62.7 Å². The molecule has 1 saturated heterocycles. The van der Waals surface area contributed by atoms with Gasteiger partial charge in [-0.1, -0.05) is 41.4 Å². The molecule has 0 aliphatic carbocycles. The number of rotatable bonds is 9. The van der Waals surface area contributed by atoms with Crippen LogP contribution in [0.3, 0.4) is 0 Å². The van der Waals surface area contributed by atoms with E-state index in [-0.39, 0.29) is 6.10 Å². The predicted molar refractivity (Wildman–Crippen MR) is 131 cm³/mol. The molecule has 6 nitrogen and oxygen atoms in total. The van der Waals surface area contributed by atoms with E-state index in [4.69, 9.17) is 27.9 Å². The van der Waals surface area contributed by atoms with Crippen LogP contribution in [0.5, 0.6) is 5.75 Å². The monoisotopic (exact) mass is 471 g/mol. The van der Waals surface area contributed by atoms with Crippen molar-refractivity contribution in [2.45, 2.75) is 25.4 Å². The van der Waals surface area contributed by atoms with Crippen molar-refractivity contribution >= 4 is 40.7 Å². The summed E-state index contributed by atoms with van der Waals surface area (Å²) >= 11 is 12.0. The average Bonchev–Trinajstić information content (AvgIpc) is 2.81. The van der Waals surface area contributed by atoms with Crippen LogP contribution in [0.4, 0.5) is 17.5 Å². The maximum Gasteiger partial charge on any atom is 0.224 e. The van der Waals surface area contributed by atoms with Crippen LogP contribution in [0, 0.1) is 0 Å². The first kappa shape index (κ1) is 22.6. The summed E-state index contributed by atoms with van der Waals surface area (Å²) in [6, 6.07) is 17.3. The maximum atomic E-state index is 6.08. The molecule has 0 atom stereocenters. The number of ether oxygens (including phenoxy) is 1. The van der Waals surface area contributed by atoms with E-state index < -0.39 is 0 Å². The molecule has 32 heavy (non-hydrogen) atoms. The highest BCUT2D eigenvalue weighted by Gasteiger charge is 2.20. The second-order valence-corrected chi connectivity index (χ2v) is 8.59. The fourth-order valence-electron chi connectivity index (χ4n) is 3.68. The number of hydrogen-bond acceptors (Lipinski definition) is 6. The Morgan fingerprint density at radius 2 is 1.81 bits per heavy atom. The minimum Gasteiger partial charge on any atom is -0.490 e. The topological polar surface area (TPSA) is 62.3 Å². The second kappa shape index (κ2) is 11.4. The van der Waals surface area contributed by atoms with Gasteiger partial charge in [-0.2, -0.15) is 4.98 Å². The summed E-state index contributed by atoms with van der Waals surface area (Å²) in [5, 5.41) is 7.69. The molecule has 2 N–H and O–H groups in total. The van der Waals surface area contributed by atoms with Crippen LogP contribution in [0.25, 0.3) is 0 Å². The van der Waals surface area contributed by atoms with Gasteiger partial charge < -0.3 is 20.3 Å². The number of piperidine rings is 1. The zero-order chi connectivity index (χ0) is 22.2. The first-order valence-electron chi connectivity index (χ1n) is 10.9. The quantitative estimate of drug-likeness (QED) is 0.380. The summed E-state index contributed by atoms with van der Waals surface area (Å²) in [5.74, 6) is 2.20. The second-order valence-electron chi connectivity index (χ2n) is 7.77. The number of hydrogen-bond donors (Lipinski definition) is 2. The third-order valence-corrected chi connectivity index (χ3v) is 6.10. The Balaban J connectivity index is 1.15. The third kappa shape index (κ3) is 6.73. The lowest BCUT2D eigenvalue weighted by Gasteiger charge is -2.32. The molecule has 2 heterocycles. The summed E-state index contributed by atoms with van der Waals surface area (Å²) < 4.78 is 6.07. The Morgan fingerprint density at radius 3 is 2.59 bits per heavy atom. The van der Waals surface area contributed by atoms with Crippen molar-refractivity contribution in [2.24, 2.45) is 0 Å². The molecule has 0 unspecified atom stereocenters. The number of anilines is 3. The van der Waals surface area contributed by atoms with Crippen LogP contribution < -0.4 is 15.4 Å². The van der Waals surface area contributed by atoms with E-state index >= 15 is 0 Å². The Bertz CT molecular complexity index is 997. The van der Waals surface area contributed by atoms with E-state index in [1.165, 1.54) is 0 Å². The van der Waals surface area contributed by atoms with E-state index in [0.29, 0.717) is 16.0 Å². The molecule has 0 radical (unpaired) electrons. The standard InChI is InChI=1S/C24H27Cl2N5O/c25-21-8-7-20(17-22(21)26)32-19-10-15-31(16-11-19)14-4-12-27-24-28-13-9-23(30-24)29-18-5-2-1-3-6-18/h1-3,5-9,13,17,19H,4,10-12,14-16H2,(H2,27,28,29,30). The molecule has 8 heteroatoms. The van der Waals surface area contributed by atoms with Crippen LogP contribution in [-0.2, 0) is 0 Å².